The van der Waals surface area contributed by atoms with Crippen molar-refractivity contribution < 1.29 is 18.6 Å². The molecule has 2 aromatic carbocycles. The van der Waals surface area contributed by atoms with Crippen LogP contribution in [0.5, 0.6) is 17.2 Å². The van der Waals surface area contributed by atoms with E-state index < -0.39 is 0 Å². The summed E-state index contributed by atoms with van der Waals surface area (Å²) in [5, 5.41) is 3.03. The molecule has 112 valence electrons. The molecule has 0 aliphatic heterocycles. The van der Waals surface area contributed by atoms with Gasteiger partial charge in [-0.15, -0.1) is 0 Å². The van der Waals surface area contributed by atoms with Crippen LogP contribution < -0.4 is 25.3 Å². The number of nitrogen functional groups attached to an aromatic ring is 1. The van der Waals surface area contributed by atoms with E-state index >= 15 is 0 Å². The van der Waals surface area contributed by atoms with Crippen molar-refractivity contribution in [3.63, 3.8) is 0 Å². The lowest BCUT2D eigenvalue weighted by molar-refractivity contribution is 0.324. The quantitative estimate of drug-likeness (QED) is 0.829. The lowest BCUT2D eigenvalue weighted by atomic mass is 10.2. The van der Waals surface area contributed by atoms with Crippen molar-refractivity contribution in [3.8, 4) is 17.2 Å². The van der Waals surface area contributed by atoms with Gasteiger partial charge in [-0.2, -0.15) is 0 Å². The normalized spacial score (nSPS) is 10.1. The van der Waals surface area contributed by atoms with Crippen LogP contribution in [0.3, 0.4) is 0 Å². The van der Waals surface area contributed by atoms with Gasteiger partial charge in [0.15, 0.2) is 11.5 Å². The van der Waals surface area contributed by atoms with Gasteiger partial charge >= 0.3 is 0 Å². The number of nitrogens with one attached hydrogen (secondary N) is 1. The highest BCUT2D eigenvalue weighted by Gasteiger charge is 2.13. The van der Waals surface area contributed by atoms with E-state index in [-0.39, 0.29) is 5.82 Å². The van der Waals surface area contributed by atoms with Gasteiger partial charge in [-0.3, -0.25) is 0 Å². The summed E-state index contributed by atoms with van der Waals surface area (Å²) >= 11 is 0. The third-order valence-corrected chi connectivity index (χ3v) is 2.96. The molecular formula is C15H17FN2O3. The Morgan fingerprint density at radius 3 is 2.10 bits per heavy atom. The zero-order valence-electron chi connectivity index (χ0n) is 12.1. The number of rotatable bonds is 5. The summed E-state index contributed by atoms with van der Waals surface area (Å²) in [7, 11) is 4.58. The summed E-state index contributed by atoms with van der Waals surface area (Å²) in [4.78, 5) is 0. The second-order valence-electron chi connectivity index (χ2n) is 4.27. The molecule has 21 heavy (non-hydrogen) atoms. The minimum absolute atomic E-state index is 0.376. The second kappa shape index (κ2) is 6.21. The molecule has 0 aliphatic rings. The molecule has 0 aromatic heterocycles. The first-order valence-electron chi connectivity index (χ1n) is 6.21. The standard InChI is InChI=1S/C15H17FN2O3/c1-19-13-7-10(8-14(20-2)15(13)21-3)18-12-6-9(16)4-5-11(12)17/h4-8,18H,17H2,1-3H3. The van der Waals surface area contributed by atoms with Crippen molar-refractivity contribution in [1.29, 1.82) is 0 Å². The van der Waals surface area contributed by atoms with Gasteiger partial charge in [-0.05, 0) is 18.2 Å². The molecule has 0 aliphatic carbocycles. The third-order valence-electron chi connectivity index (χ3n) is 2.96. The molecule has 0 saturated carbocycles. The molecule has 0 radical (unpaired) electrons. The zero-order chi connectivity index (χ0) is 15.4. The van der Waals surface area contributed by atoms with E-state index in [2.05, 4.69) is 5.32 Å². The molecule has 0 amide bonds. The van der Waals surface area contributed by atoms with E-state index in [0.29, 0.717) is 34.3 Å². The lowest BCUT2D eigenvalue weighted by Gasteiger charge is -2.15. The van der Waals surface area contributed by atoms with Crippen LogP contribution in [-0.4, -0.2) is 21.3 Å². The highest BCUT2D eigenvalue weighted by molar-refractivity contribution is 5.75. The first kappa shape index (κ1) is 14.8. The molecular weight excluding hydrogens is 275 g/mol. The topological polar surface area (TPSA) is 65.7 Å². The van der Waals surface area contributed by atoms with Crippen molar-refractivity contribution in [1.82, 2.24) is 0 Å². The minimum Gasteiger partial charge on any atom is -0.493 e. The molecule has 6 heteroatoms. The highest BCUT2D eigenvalue weighted by Crippen LogP contribution is 2.41. The maximum atomic E-state index is 13.3. The largest absolute Gasteiger partial charge is 0.493 e. The summed E-state index contributed by atoms with van der Waals surface area (Å²) in [6, 6.07) is 7.54. The molecule has 2 rings (SSSR count). The number of benzene rings is 2. The van der Waals surface area contributed by atoms with Gasteiger partial charge in [0.25, 0.3) is 0 Å². The van der Waals surface area contributed by atoms with Crippen molar-refractivity contribution >= 4 is 17.1 Å². The number of nitrogens with two attached hydrogens (primary N) is 1. The number of hydrogen-bond donors (Lipinski definition) is 2. The Morgan fingerprint density at radius 1 is 0.952 bits per heavy atom. The van der Waals surface area contributed by atoms with Crippen LogP contribution in [0.15, 0.2) is 30.3 Å². The predicted molar refractivity (Wildman–Crippen MR) is 80.2 cm³/mol. The van der Waals surface area contributed by atoms with Gasteiger partial charge in [-0.1, -0.05) is 0 Å². The fourth-order valence-corrected chi connectivity index (χ4v) is 1.95. The average molecular weight is 292 g/mol. The first-order chi connectivity index (χ1) is 10.1. The average Bonchev–Trinajstić information content (AvgIpc) is 2.49. The Balaban J connectivity index is 2.42. The van der Waals surface area contributed by atoms with Gasteiger partial charge < -0.3 is 25.3 Å². The van der Waals surface area contributed by atoms with Crippen LogP contribution in [0.1, 0.15) is 0 Å². The van der Waals surface area contributed by atoms with Crippen molar-refractivity contribution in [3.05, 3.63) is 36.1 Å². The highest BCUT2D eigenvalue weighted by atomic mass is 19.1. The fraction of sp³-hybridized carbons (Fsp3) is 0.200. The minimum atomic E-state index is -0.376. The number of halogens is 1. The Morgan fingerprint density at radius 2 is 1.57 bits per heavy atom. The summed E-state index contributed by atoms with van der Waals surface area (Å²) in [6.07, 6.45) is 0. The molecule has 0 bridgehead atoms. The molecule has 0 unspecified atom stereocenters. The van der Waals surface area contributed by atoms with Crippen LogP contribution in [0.4, 0.5) is 21.5 Å². The predicted octanol–water partition coefficient (Wildman–Crippen LogP) is 3.18. The fourth-order valence-electron chi connectivity index (χ4n) is 1.95. The summed E-state index contributed by atoms with van der Waals surface area (Å²) < 4.78 is 29.1. The zero-order valence-corrected chi connectivity index (χ0v) is 12.1. The van der Waals surface area contributed by atoms with Gasteiger partial charge in [0.2, 0.25) is 5.75 Å². The maximum absolute atomic E-state index is 13.3. The van der Waals surface area contributed by atoms with Crippen LogP contribution in [0, 0.1) is 5.82 Å². The number of methoxy groups -OCH3 is 3. The van der Waals surface area contributed by atoms with Gasteiger partial charge in [0.05, 0.1) is 32.7 Å². The van der Waals surface area contributed by atoms with E-state index in [0.717, 1.165) is 0 Å². The maximum Gasteiger partial charge on any atom is 0.203 e. The third kappa shape index (κ3) is 3.10. The van der Waals surface area contributed by atoms with Gasteiger partial charge in [-0.25, -0.2) is 4.39 Å². The summed E-state index contributed by atoms with van der Waals surface area (Å²) in [6.45, 7) is 0. The molecule has 0 fully saturated rings. The molecule has 3 N–H and O–H groups in total. The monoisotopic (exact) mass is 292 g/mol. The van der Waals surface area contributed by atoms with E-state index in [1.54, 1.807) is 12.1 Å². The van der Waals surface area contributed by atoms with Crippen LogP contribution in [0.2, 0.25) is 0 Å². The van der Waals surface area contributed by atoms with E-state index in [1.165, 1.54) is 39.5 Å². The molecule has 0 spiro atoms. The van der Waals surface area contributed by atoms with Crippen LogP contribution in [0.25, 0.3) is 0 Å². The Labute approximate surface area is 122 Å². The van der Waals surface area contributed by atoms with E-state index in [4.69, 9.17) is 19.9 Å². The van der Waals surface area contributed by atoms with Crippen molar-refractivity contribution in [2.24, 2.45) is 0 Å². The SMILES string of the molecule is COc1cc(Nc2cc(F)ccc2N)cc(OC)c1OC. The van der Waals surface area contributed by atoms with Crippen LogP contribution in [-0.2, 0) is 0 Å². The van der Waals surface area contributed by atoms with Crippen LogP contribution >= 0.6 is 0 Å². The Bertz CT molecular complexity index is 622. The van der Waals surface area contributed by atoms with Crippen molar-refractivity contribution in [2.75, 3.05) is 32.4 Å². The Hall–Kier alpha value is -2.63. The smallest absolute Gasteiger partial charge is 0.203 e. The molecule has 0 heterocycles. The lowest BCUT2D eigenvalue weighted by Crippen LogP contribution is -2.00. The van der Waals surface area contributed by atoms with Gasteiger partial charge in [0.1, 0.15) is 5.82 Å². The number of anilines is 3. The first-order valence-corrected chi connectivity index (χ1v) is 6.21. The van der Waals surface area contributed by atoms with Crippen molar-refractivity contribution in [2.45, 2.75) is 0 Å². The summed E-state index contributed by atoms with van der Waals surface area (Å²) in [5.41, 5.74) is 7.36. The second-order valence-corrected chi connectivity index (χ2v) is 4.27. The summed E-state index contributed by atoms with van der Waals surface area (Å²) in [5.74, 6) is 1.10. The number of hydrogen-bond acceptors (Lipinski definition) is 5. The number of ether oxygens (including phenoxy) is 3. The Kier molecular flexibility index (Phi) is 4.37. The van der Waals surface area contributed by atoms with E-state index in [9.17, 15) is 4.39 Å². The molecule has 0 atom stereocenters. The molecule has 2 aromatic rings. The molecule has 0 saturated heterocycles. The molecule has 5 nitrogen and oxygen atoms in total. The van der Waals surface area contributed by atoms with E-state index in [1.807, 2.05) is 0 Å². The van der Waals surface area contributed by atoms with Gasteiger partial charge in [0, 0.05) is 17.8 Å².